The third kappa shape index (κ3) is 15.6. The summed E-state index contributed by atoms with van der Waals surface area (Å²) in [5, 5.41) is 49.4. The molecule has 0 unspecified atom stereocenters. The highest BCUT2D eigenvalue weighted by Gasteiger charge is 2.36. The Morgan fingerprint density at radius 1 is 1.04 bits per heavy atom. The van der Waals surface area contributed by atoms with Crippen molar-refractivity contribution in [2.45, 2.75) is 94.9 Å². The van der Waals surface area contributed by atoms with Crippen LogP contribution in [0, 0.1) is 11.8 Å². The molecule has 47 heavy (non-hydrogen) atoms. The fraction of sp³-hybridized carbons (Fsp3) is 0.515. The van der Waals surface area contributed by atoms with Gasteiger partial charge in [-0.1, -0.05) is 84.0 Å². The predicted octanol–water partition coefficient (Wildman–Crippen LogP) is 3.75. The van der Waals surface area contributed by atoms with E-state index in [4.69, 9.17) is 31.9 Å². The van der Waals surface area contributed by atoms with E-state index in [9.17, 15) is 39.6 Å². The number of carbonyl (C=O) groups excluding carboxylic acids is 3. The molecule has 0 aliphatic heterocycles. The topological polar surface area (TPSA) is 214 Å². The van der Waals surface area contributed by atoms with Crippen molar-refractivity contribution in [3.05, 3.63) is 70.8 Å². The highest BCUT2D eigenvalue weighted by Crippen LogP contribution is 2.27. The molecular formula is C33H45BrClNO11. The fourth-order valence-electron chi connectivity index (χ4n) is 4.46. The van der Waals surface area contributed by atoms with Gasteiger partial charge in [0, 0.05) is 29.3 Å². The summed E-state index contributed by atoms with van der Waals surface area (Å²) in [5.41, 5.74) is 5.87. The number of ether oxygens (including phenoxy) is 2. The minimum atomic E-state index is -1.83. The molecule has 14 heteroatoms. The lowest BCUT2D eigenvalue weighted by Crippen LogP contribution is -2.43. The number of aliphatic hydroxyl groups is 4. The summed E-state index contributed by atoms with van der Waals surface area (Å²) in [5.74, 6) is -3.89. The van der Waals surface area contributed by atoms with Gasteiger partial charge >= 0.3 is 18.0 Å². The van der Waals surface area contributed by atoms with Gasteiger partial charge in [0.2, 0.25) is 0 Å². The molecule has 0 bridgehead atoms. The van der Waals surface area contributed by atoms with Gasteiger partial charge in [-0.25, -0.2) is 9.59 Å². The average Bonchev–Trinajstić information content (AvgIpc) is 3.02. The number of allylic oxidation sites excluding steroid dienone is 9. The van der Waals surface area contributed by atoms with Crippen LogP contribution in [0.3, 0.4) is 0 Å². The average molecular weight is 747 g/mol. The first-order valence-corrected chi connectivity index (χ1v) is 16.3. The lowest BCUT2D eigenvalue weighted by molar-refractivity contribution is -0.159. The molecule has 0 aromatic heterocycles. The second kappa shape index (κ2) is 21.7. The smallest absolute Gasteiger partial charge is 0.405 e. The first-order chi connectivity index (χ1) is 22.1. The summed E-state index contributed by atoms with van der Waals surface area (Å²) < 4.78 is 10.6. The highest BCUT2D eigenvalue weighted by molar-refractivity contribution is 9.11. The number of halogens is 2. The van der Waals surface area contributed by atoms with Crippen LogP contribution in [0.4, 0.5) is 4.79 Å². The van der Waals surface area contributed by atoms with E-state index in [1.807, 2.05) is 13.8 Å². The van der Waals surface area contributed by atoms with Crippen LogP contribution in [0.2, 0.25) is 0 Å². The number of ketones is 1. The molecule has 1 amide bonds. The number of carboxylic acids is 1. The molecule has 12 nitrogen and oxygen atoms in total. The molecule has 1 rings (SSSR count). The number of nitrogens with two attached hydrogens (primary N) is 1. The van der Waals surface area contributed by atoms with Gasteiger partial charge in [-0.3, -0.25) is 9.59 Å². The Morgan fingerprint density at radius 3 is 2.30 bits per heavy atom. The van der Waals surface area contributed by atoms with Crippen LogP contribution in [0.5, 0.6) is 0 Å². The lowest BCUT2D eigenvalue weighted by atomic mass is 9.85. The Kier molecular flexibility index (Phi) is 19.4. The Hall–Kier alpha value is -3.07. The van der Waals surface area contributed by atoms with Crippen LogP contribution >= 0.6 is 27.5 Å². The number of hydrogen-bond acceptors (Lipinski definition) is 10. The molecule has 0 aromatic carbocycles. The minimum absolute atomic E-state index is 0.0644. The summed E-state index contributed by atoms with van der Waals surface area (Å²) in [4.78, 5) is 47.0. The monoisotopic (exact) mass is 745 g/mol. The third-order valence-corrected chi connectivity index (χ3v) is 8.83. The van der Waals surface area contributed by atoms with Gasteiger partial charge in [-0.05, 0) is 32.3 Å². The van der Waals surface area contributed by atoms with Gasteiger partial charge in [-0.2, -0.15) is 0 Å². The fourth-order valence-corrected chi connectivity index (χ4v) is 5.10. The number of hydrogen-bond donors (Lipinski definition) is 6. The Balaban J connectivity index is 2.66. The normalized spacial score (nSPS) is 23.5. The van der Waals surface area contributed by atoms with Gasteiger partial charge in [0.25, 0.3) is 0 Å². The van der Waals surface area contributed by atoms with E-state index < -0.39 is 84.1 Å². The van der Waals surface area contributed by atoms with Crippen molar-refractivity contribution in [2.24, 2.45) is 17.6 Å². The first kappa shape index (κ1) is 42.0. The Morgan fingerprint density at radius 2 is 1.68 bits per heavy atom. The lowest BCUT2D eigenvalue weighted by Gasteiger charge is -2.30. The van der Waals surface area contributed by atoms with Crippen LogP contribution in [0.15, 0.2) is 70.8 Å². The summed E-state index contributed by atoms with van der Waals surface area (Å²) in [6, 6.07) is 0. The summed E-state index contributed by atoms with van der Waals surface area (Å²) in [7, 11) is 0. The summed E-state index contributed by atoms with van der Waals surface area (Å²) in [6.45, 7) is 5.23. The SMILES string of the molecule is CC/C=C/[C@@H](OC(N)=O)[C@@H](Cl)[C@H](O)CC(=O)[C@@H](O)[C@H](O)[C@H](C)/C(Br)=C/C=C/C=C(C)/C=C/C=C/C(=O)O[C@@H]1C[C@@H](C(=O)O)CC[C@@H]1O. The van der Waals surface area contributed by atoms with E-state index in [0.717, 1.165) is 5.57 Å². The van der Waals surface area contributed by atoms with Crippen LogP contribution in [0.1, 0.15) is 52.9 Å². The van der Waals surface area contributed by atoms with Gasteiger partial charge in [0.15, 0.2) is 5.78 Å². The van der Waals surface area contributed by atoms with Crippen molar-refractivity contribution < 1.29 is 54.2 Å². The number of aliphatic hydroxyl groups excluding tert-OH is 4. The standard InChI is InChI=1S/C33H45BrClNO11/c1-4-5-13-26(47-33(36)45)29(35)24(38)18-25(39)31(42)30(41)20(3)22(34)12-8-6-10-19(2)11-7-9-14-28(40)46-27-17-21(32(43)44)15-16-23(27)37/h5-14,20-21,23-24,26-27,29-31,37-38,41-42H,4,15-18H2,1-3H3,(H2,36,45)(H,43,44)/b8-6+,11-7+,13-5+,14-9+,19-10+,22-12-/t20-,21+,23+,24-,26-,27-,29+,30-,31-/m1/s1. The van der Waals surface area contributed by atoms with Crippen LogP contribution in [0.25, 0.3) is 0 Å². The van der Waals surface area contributed by atoms with Gasteiger partial charge in [0.05, 0.1) is 24.2 Å². The van der Waals surface area contributed by atoms with E-state index in [1.165, 1.54) is 18.2 Å². The molecule has 1 aliphatic carbocycles. The van der Waals surface area contributed by atoms with Crippen LogP contribution < -0.4 is 5.73 Å². The Bertz CT molecular complexity index is 1240. The maximum atomic E-state index is 12.6. The molecule has 0 saturated heterocycles. The molecule has 0 radical (unpaired) electrons. The van der Waals surface area contributed by atoms with E-state index >= 15 is 0 Å². The molecule has 262 valence electrons. The highest BCUT2D eigenvalue weighted by atomic mass is 79.9. The maximum Gasteiger partial charge on any atom is 0.405 e. The van der Waals surface area contributed by atoms with Gasteiger partial charge < -0.3 is 40.7 Å². The zero-order valence-corrected chi connectivity index (χ0v) is 28.9. The zero-order chi connectivity index (χ0) is 35.7. The Labute approximate surface area is 288 Å². The van der Waals surface area contributed by atoms with Crippen molar-refractivity contribution in [2.75, 3.05) is 0 Å². The molecule has 9 atom stereocenters. The van der Waals surface area contributed by atoms with E-state index in [-0.39, 0.29) is 12.8 Å². The molecule has 0 aromatic rings. The van der Waals surface area contributed by atoms with Crippen molar-refractivity contribution in [3.8, 4) is 0 Å². The molecule has 1 aliphatic rings. The van der Waals surface area contributed by atoms with Crippen LogP contribution in [-0.2, 0) is 23.9 Å². The number of aliphatic carboxylic acids is 1. The number of carbonyl (C=O) groups is 4. The minimum Gasteiger partial charge on any atom is -0.481 e. The zero-order valence-electron chi connectivity index (χ0n) is 26.5. The number of alkyl halides is 1. The van der Waals surface area contributed by atoms with Crippen molar-refractivity contribution >= 4 is 51.3 Å². The van der Waals surface area contributed by atoms with E-state index in [2.05, 4.69) is 15.9 Å². The van der Waals surface area contributed by atoms with Crippen molar-refractivity contribution in [1.82, 2.24) is 0 Å². The van der Waals surface area contributed by atoms with E-state index in [1.54, 1.807) is 49.5 Å². The van der Waals surface area contributed by atoms with Gasteiger partial charge in [-0.15, -0.1) is 11.6 Å². The van der Waals surface area contributed by atoms with Crippen molar-refractivity contribution in [1.29, 1.82) is 0 Å². The summed E-state index contributed by atoms with van der Waals surface area (Å²) >= 11 is 9.54. The predicted molar refractivity (Wildman–Crippen MR) is 179 cm³/mol. The number of amides is 1. The first-order valence-electron chi connectivity index (χ1n) is 15.1. The second-order valence-electron chi connectivity index (χ2n) is 11.1. The number of Topliss-reactive ketones (excluding diaryl/α,β-unsaturated/α-hetero) is 1. The quantitative estimate of drug-likeness (QED) is 0.0391. The maximum absolute atomic E-state index is 12.6. The van der Waals surface area contributed by atoms with Gasteiger partial charge in [0.1, 0.15) is 23.7 Å². The molecule has 1 saturated carbocycles. The third-order valence-electron chi connectivity index (χ3n) is 7.31. The second-order valence-corrected chi connectivity index (χ2v) is 12.5. The number of primary amides is 1. The molecule has 0 spiro atoms. The van der Waals surface area contributed by atoms with E-state index in [0.29, 0.717) is 17.3 Å². The number of carboxylic acid groups (broad SMARTS) is 1. The molecule has 0 heterocycles. The molecular weight excluding hydrogens is 702 g/mol. The summed E-state index contributed by atoms with van der Waals surface area (Å²) in [6.07, 6.45) is 7.61. The largest absolute Gasteiger partial charge is 0.481 e. The number of esters is 1. The van der Waals surface area contributed by atoms with Crippen LogP contribution in [-0.4, -0.2) is 91.3 Å². The molecule has 7 N–H and O–H groups in total. The molecule has 1 fully saturated rings. The van der Waals surface area contributed by atoms with Crippen molar-refractivity contribution in [3.63, 3.8) is 0 Å². The number of rotatable bonds is 18.